The van der Waals surface area contributed by atoms with Crippen molar-refractivity contribution < 1.29 is 19.7 Å². The number of fused-ring (bicyclic) bond motifs is 1. The Bertz CT molecular complexity index is 441. The van der Waals surface area contributed by atoms with Crippen molar-refractivity contribution in [3.8, 4) is 5.75 Å². The van der Waals surface area contributed by atoms with Crippen molar-refractivity contribution in [2.24, 2.45) is 0 Å². The number of carboxylic acid groups (broad SMARTS) is 1. The third-order valence-corrected chi connectivity index (χ3v) is 3.17. The Hall–Kier alpha value is -1.55. The monoisotopic (exact) mass is 250 g/mol. The van der Waals surface area contributed by atoms with E-state index in [1.165, 1.54) is 0 Å². The van der Waals surface area contributed by atoms with Gasteiger partial charge in [-0.1, -0.05) is 6.07 Å². The van der Waals surface area contributed by atoms with Crippen LogP contribution >= 0.6 is 0 Å². The van der Waals surface area contributed by atoms with Gasteiger partial charge in [-0.05, 0) is 43.0 Å². The third kappa shape index (κ3) is 3.01. The molecule has 0 bridgehead atoms. The molecule has 2 rings (SSSR count). The van der Waals surface area contributed by atoms with Gasteiger partial charge in [0.25, 0.3) is 0 Å². The maximum absolute atomic E-state index is 10.4. The fraction of sp³-hybridized carbons (Fsp3) is 0.500. The lowest BCUT2D eigenvalue weighted by Crippen LogP contribution is -2.05. The van der Waals surface area contributed by atoms with E-state index in [0.29, 0.717) is 12.8 Å². The highest BCUT2D eigenvalue weighted by atomic mass is 16.5. The summed E-state index contributed by atoms with van der Waals surface area (Å²) < 4.78 is 5.59. The lowest BCUT2D eigenvalue weighted by Gasteiger charge is -2.11. The van der Waals surface area contributed by atoms with E-state index in [1.807, 2.05) is 25.1 Å². The molecule has 1 heterocycles. The van der Waals surface area contributed by atoms with Crippen LogP contribution in [0.3, 0.4) is 0 Å². The molecule has 1 unspecified atom stereocenters. The van der Waals surface area contributed by atoms with Crippen molar-refractivity contribution in [3.63, 3.8) is 0 Å². The molecule has 4 heteroatoms. The first-order valence-electron chi connectivity index (χ1n) is 6.25. The van der Waals surface area contributed by atoms with Gasteiger partial charge in [0.1, 0.15) is 11.9 Å². The highest BCUT2D eigenvalue weighted by Crippen LogP contribution is 2.32. The lowest BCUT2D eigenvalue weighted by atomic mass is 10.00. The van der Waals surface area contributed by atoms with Gasteiger partial charge in [0, 0.05) is 12.8 Å². The van der Waals surface area contributed by atoms with Crippen molar-refractivity contribution in [3.05, 3.63) is 29.3 Å². The molecule has 1 aromatic rings. The van der Waals surface area contributed by atoms with Crippen LogP contribution in [0.2, 0.25) is 0 Å². The van der Waals surface area contributed by atoms with Gasteiger partial charge >= 0.3 is 5.97 Å². The summed E-state index contributed by atoms with van der Waals surface area (Å²) in [7, 11) is 0. The first-order chi connectivity index (χ1) is 8.56. The highest BCUT2D eigenvalue weighted by Gasteiger charge is 2.20. The molecule has 0 saturated heterocycles. The Labute approximate surface area is 106 Å². The zero-order valence-corrected chi connectivity index (χ0v) is 10.4. The minimum Gasteiger partial charge on any atom is -0.490 e. The molecule has 0 amide bonds. The second-order valence-corrected chi connectivity index (χ2v) is 4.80. The smallest absolute Gasteiger partial charge is 0.303 e. The first-order valence-corrected chi connectivity index (χ1v) is 6.25. The van der Waals surface area contributed by atoms with E-state index in [1.54, 1.807) is 0 Å². The number of hydrogen-bond donors (Lipinski definition) is 2. The summed E-state index contributed by atoms with van der Waals surface area (Å²) in [5.74, 6) is 0.0716. The van der Waals surface area contributed by atoms with Gasteiger partial charge in [-0.2, -0.15) is 0 Å². The van der Waals surface area contributed by atoms with E-state index >= 15 is 0 Å². The summed E-state index contributed by atoms with van der Waals surface area (Å²) in [5.41, 5.74) is 1.97. The van der Waals surface area contributed by atoms with E-state index in [0.717, 1.165) is 23.3 Å². The molecule has 0 spiro atoms. The molecule has 2 N–H and O–H groups in total. The Morgan fingerprint density at radius 2 is 2.33 bits per heavy atom. The number of aliphatic hydroxyl groups excluding tert-OH is 1. The number of aliphatic carboxylic acids is 1. The maximum atomic E-state index is 10.4. The largest absolute Gasteiger partial charge is 0.490 e. The predicted octanol–water partition coefficient (Wildman–Crippen LogP) is 2.30. The molecular weight excluding hydrogens is 232 g/mol. The minimum atomic E-state index is -0.821. The van der Waals surface area contributed by atoms with Crippen LogP contribution in [0.5, 0.6) is 5.75 Å². The summed E-state index contributed by atoms with van der Waals surface area (Å²) in [6.45, 7) is 2.02. The quantitative estimate of drug-likeness (QED) is 0.841. The molecule has 0 aromatic heterocycles. The van der Waals surface area contributed by atoms with Gasteiger partial charge in [0.05, 0.1) is 6.10 Å². The van der Waals surface area contributed by atoms with E-state index in [4.69, 9.17) is 9.84 Å². The average molecular weight is 250 g/mol. The summed E-state index contributed by atoms with van der Waals surface area (Å²) in [5, 5.41) is 18.6. The zero-order valence-electron chi connectivity index (χ0n) is 10.4. The normalized spacial score (nSPS) is 19.1. The number of benzene rings is 1. The second-order valence-electron chi connectivity index (χ2n) is 4.80. The maximum Gasteiger partial charge on any atom is 0.303 e. The number of aliphatic hydroxyl groups is 1. The first kappa shape index (κ1) is 12.9. The van der Waals surface area contributed by atoms with Crippen LogP contribution in [0, 0.1) is 0 Å². The van der Waals surface area contributed by atoms with E-state index in [2.05, 4.69) is 0 Å². The van der Waals surface area contributed by atoms with Crippen LogP contribution in [0.4, 0.5) is 0 Å². The molecule has 0 fully saturated rings. The van der Waals surface area contributed by atoms with Gasteiger partial charge in [0.15, 0.2) is 0 Å². The Balaban J connectivity index is 1.97. The Morgan fingerprint density at radius 1 is 1.56 bits per heavy atom. The summed E-state index contributed by atoms with van der Waals surface area (Å²) >= 11 is 0. The molecule has 2 atom stereocenters. The molecule has 1 aliphatic heterocycles. The fourth-order valence-corrected chi connectivity index (χ4v) is 2.26. The van der Waals surface area contributed by atoms with Gasteiger partial charge in [-0.3, -0.25) is 4.79 Å². The SMILES string of the molecule is CC1Cc2cc([C@@H](O)CCCC(=O)O)ccc2O1. The van der Waals surface area contributed by atoms with E-state index < -0.39 is 12.1 Å². The fourth-order valence-electron chi connectivity index (χ4n) is 2.26. The molecule has 98 valence electrons. The summed E-state index contributed by atoms with van der Waals surface area (Å²) in [4.78, 5) is 10.4. The molecule has 1 aromatic carbocycles. The molecule has 0 saturated carbocycles. The van der Waals surface area contributed by atoms with Crippen molar-refractivity contribution in [1.82, 2.24) is 0 Å². The van der Waals surface area contributed by atoms with Crippen LogP contribution in [-0.2, 0) is 11.2 Å². The van der Waals surface area contributed by atoms with Crippen LogP contribution in [-0.4, -0.2) is 22.3 Å². The van der Waals surface area contributed by atoms with Crippen molar-refractivity contribution in [2.75, 3.05) is 0 Å². The third-order valence-electron chi connectivity index (χ3n) is 3.17. The molecule has 1 aliphatic rings. The van der Waals surface area contributed by atoms with E-state index in [9.17, 15) is 9.90 Å². The second kappa shape index (κ2) is 5.40. The average Bonchev–Trinajstić information content (AvgIpc) is 2.67. The lowest BCUT2D eigenvalue weighted by molar-refractivity contribution is -0.137. The molecule has 4 nitrogen and oxygen atoms in total. The van der Waals surface area contributed by atoms with Crippen LogP contribution in [0.15, 0.2) is 18.2 Å². The van der Waals surface area contributed by atoms with Gasteiger partial charge in [0.2, 0.25) is 0 Å². The van der Waals surface area contributed by atoms with Crippen LogP contribution in [0.25, 0.3) is 0 Å². The number of rotatable bonds is 5. The van der Waals surface area contributed by atoms with Crippen LogP contribution < -0.4 is 4.74 Å². The molecule has 18 heavy (non-hydrogen) atoms. The number of ether oxygens (including phenoxy) is 1. The van der Waals surface area contributed by atoms with Gasteiger partial charge in [-0.15, -0.1) is 0 Å². The van der Waals surface area contributed by atoms with Crippen molar-refractivity contribution in [1.29, 1.82) is 0 Å². The summed E-state index contributed by atoms with van der Waals surface area (Å²) in [6.07, 6.45) is 1.53. The van der Waals surface area contributed by atoms with Gasteiger partial charge < -0.3 is 14.9 Å². The zero-order chi connectivity index (χ0) is 13.1. The Kier molecular flexibility index (Phi) is 3.87. The number of hydrogen-bond acceptors (Lipinski definition) is 3. The standard InChI is InChI=1S/C14H18O4/c1-9-7-11-8-10(5-6-13(11)18-9)12(15)3-2-4-14(16)17/h5-6,8-9,12,15H,2-4,7H2,1H3,(H,16,17)/t9?,12-/m0/s1. The molecular formula is C14H18O4. The van der Waals surface area contributed by atoms with Crippen molar-refractivity contribution in [2.45, 2.75) is 44.8 Å². The molecule has 0 radical (unpaired) electrons. The minimum absolute atomic E-state index is 0.0994. The van der Waals surface area contributed by atoms with E-state index in [-0.39, 0.29) is 12.5 Å². The van der Waals surface area contributed by atoms with Crippen molar-refractivity contribution >= 4 is 5.97 Å². The number of carbonyl (C=O) groups is 1. The molecule has 0 aliphatic carbocycles. The van der Waals surface area contributed by atoms with Gasteiger partial charge in [-0.25, -0.2) is 0 Å². The topological polar surface area (TPSA) is 66.8 Å². The Morgan fingerprint density at radius 3 is 3.06 bits per heavy atom. The number of carboxylic acids is 1. The van der Waals surface area contributed by atoms with Crippen LogP contribution in [0.1, 0.15) is 43.4 Å². The highest BCUT2D eigenvalue weighted by molar-refractivity contribution is 5.66. The summed E-state index contributed by atoms with van der Waals surface area (Å²) in [6, 6.07) is 5.70. The predicted molar refractivity (Wildman–Crippen MR) is 66.7 cm³/mol.